The Labute approximate surface area is 150 Å². The first-order valence-electron chi connectivity index (χ1n) is 7.70. The van der Waals surface area contributed by atoms with Gasteiger partial charge in [0.05, 0.1) is 25.1 Å². The smallest absolute Gasteiger partial charge is 0.379 e. The summed E-state index contributed by atoms with van der Waals surface area (Å²) in [5.74, 6) is 0.0873. The average molecular weight is 386 g/mol. The number of nitrogen functional groups attached to an aromatic ring is 1. The van der Waals surface area contributed by atoms with Gasteiger partial charge in [0, 0.05) is 12.0 Å². The Hall–Kier alpha value is -2.64. The highest BCUT2D eigenvalue weighted by Crippen LogP contribution is 2.38. The average Bonchev–Trinajstić information content (AvgIpc) is 3.18. The van der Waals surface area contributed by atoms with E-state index in [1.807, 2.05) is 0 Å². The first-order chi connectivity index (χ1) is 12.9. The van der Waals surface area contributed by atoms with Crippen molar-refractivity contribution in [1.29, 1.82) is 0 Å². The Bertz CT molecular complexity index is 858. The number of anilines is 1. The van der Waals surface area contributed by atoms with Crippen molar-refractivity contribution in [2.24, 2.45) is 5.11 Å². The van der Waals surface area contributed by atoms with E-state index in [-0.39, 0.29) is 17.0 Å². The minimum absolute atomic E-state index is 0.0873. The molecule has 1 aliphatic heterocycles. The molecule has 0 radical (unpaired) electrons. The van der Waals surface area contributed by atoms with Gasteiger partial charge in [-0.05, 0) is 5.53 Å². The third-order valence-electron chi connectivity index (χ3n) is 3.96. The molecule has 12 nitrogen and oxygen atoms in total. The molecule has 0 aliphatic carbocycles. The molecule has 2 aromatic heterocycles. The minimum Gasteiger partial charge on any atom is -0.394 e. The van der Waals surface area contributed by atoms with E-state index < -0.39 is 43.8 Å². The maximum Gasteiger partial charge on any atom is 0.379 e. The fourth-order valence-electron chi connectivity index (χ4n) is 2.88. The highest BCUT2D eigenvalue weighted by molar-refractivity contribution is 5.81. The number of alkyl halides is 2. The van der Waals surface area contributed by atoms with Crippen molar-refractivity contribution in [2.75, 3.05) is 26.1 Å². The van der Waals surface area contributed by atoms with Crippen LogP contribution in [0.25, 0.3) is 21.6 Å². The van der Waals surface area contributed by atoms with E-state index in [4.69, 9.17) is 20.7 Å². The number of methoxy groups -OCH3 is 1. The van der Waals surface area contributed by atoms with Gasteiger partial charge in [0.2, 0.25) is 0 Å². The predicted octanol–water partition coefficient (Wildman–Crippen LogP) is 0.602. The molecule has 3 heterocycles. The van der Waals surface area contributed by atoms with E-state index in [2.05, 4.69) is 29.7 Å². The molecule has 0 aromatic carbocycles. The van der Waals surface area contributed by atoms with E-state index in [0.717, 1.165) is 7.11 Å². The molecule has 14 heteroatoms. The number of nitrogens with two attached hydrogens (primary N) is 1. The van der Waals surface area contributed by atoms with Crippen molar-refractivity contribution in [2.45, 2.75) is 30.6 Å². The number of aromatic nitrogens is 4. The number of nitrogens with zero attached hydrogens (tertiary/aromatic N) is 7. The number of azide groups is 1. The SMILES string of the molecule is COCC(F)(F)O[C@@H]1C(N=[N+]=[N-])[C@@H](CO)O[C@H]1n1cnc2c(N)ncnc21. The molecule has 3 N–H and O–H groups in total. The second-order valence-corrected chi connectivity index (χ2v) is 5.68. The molecule has 0 spiro atoms. The number of fused-ring (bicyclic) bond motifs is 1. The second-order valence-electron chi connectivity index (χ2n) is 5.68. The maximum absolute atomic E-state index is 14.0. The van der Waals surface area contributed by atoms with Crippen molar-refractivity contribution in [1.82, 2.24) is 19.5 Å². The third-order valence-corrected chi connectivity index (χ3v) is 3.96. The van der Waals surface area contributed by atoms with Crippen LogP contribution in [0.15, 0.2) is 17.8 Å². The molecule has 2 aromatic rings. The van der Waals surface area contributed by atoms with E-state index in [9.17, 15) is 13.9 Å². The first kappa shape index (κ1) is 19.1. The molecule has 3 rings (SSSR count). The monoisotopic (exact) mass is 386 g/mol. The van der Waals surface area contributed by atoms with Gasteiger partial charge in [-0.2, -0.15) is 8.78 Å². The molecule has 1 fully saturated rings. The summed E-state index contributed by atoms with van der Waals surface area (Å²) in [4.78, 5) is 14.5. The number of aliphatic hydroxyl groups is 1. The fourth-order valence-corrected chi connectivity index (χ4v) is 2.88. The van der Waals surface area contributed by atoms with Crippen molar-refractivity contribution < 1.29 is 28.1 Å². The van der Waals surface area contributed by atoms with E-state index in [1.54, 1.807) is 0 Å². The van der Waals surface area contributed by atoms with Crippen LogP contribution in [0.4, 0.5) is 14.6 Å². The van der Waals surface area contributed by atoms with Crippen LogP contribution in [-0.4, -0.2) is 69.3 Å². The molecule has 0 amide bonds. The van der Waals surface area contributed by atoms with Crippen LogP contribution in [0.3, 0.4) is 0 Å². The standard InChI is InChI=1S/C13H16F2N8O4/c1-25-3-13(14,15)27-9-7(21-22-17)6(2-24)26-12(9)23-5-20-8-10(16)18-4-19-11(8)23/h4-7,9,12,24H,2-3H2,1H3,(H2,16,18,19)/t6-,7?,9-,12-/m1/s1. The van der Waals surface area contributed by atoms with Crippen molar-refractivity contribution in [3.63, 3.8) is 0 Å². The largest absolute Gasteiger partial charge is 0.394 e. The fraction of sp³-hybridized carbons (Fsp3) is 0.615. The molecule has 1 aliphatic rings. The maximum atomic E-state index is 14.0. The molecule has 4 atom stereocenters. The third kappa shape index (κ3) is 3.61. The number of aliphatic hydroxyl groups excluding tert-OH is 1. The Morgan fingerprint density at radius 3 is 2.93 bits per heavy atom. The summed E-state index contributed by atoms with van der Waals surface area (Å²) < 4.78 is 44.3. The predicted molar refractivity (Wildman–Crippen MR) is 85.4 cm³/mol. The summed E-state index contributed by atoms with van der Waals surface area (Å²) in [6, 6.07) is -1.23. The number of imidazole rings is 1. The van der Waals surface area contributed by atoms with Gasteiger partial charge in [-0.25, -0.2) is 15.0 Å². The van der Waals surface area contributed by atoms with Gasteiger partial charge in [0.15, 0.2) is 17.7 Å². The minimum atomic E-state index is -3.70. The summed E-state index contributed by atoms with van der Waals surface area (Å²) in [6.07, 6.45) is -5.02. The van der Waals surface area contributed by atoms with Crippen molar-refractivity contribution in [3.05, 3.63) is 23.1 Å². The first-order valence-corrected chi connectivity index (χ1v) is 7.70. The number of halogens is 2. The van der Waals surface area contributed by atoms with Crippen molar-refractivity contribution in [3.8, 4) is 0 Å². The van der Waals surface area contributed by atoms with Crippen LogP contribution in [0.1, 0.15) is 6.23 Å². The van der Waals surface area contributed by atoms with Crippen LogP contribution < -0.4 is 5.73 Å². The topological polar surface area (TPSA) is 166 Å². The lowest BCUT2D eigenvalue weighted by Crippen LogP contribution is -2.41. The van der Waals surface area contributed by atoms with Gasteiger partial charge in [-0.15, -0.1) is 0 Å². The van der Waals surface area contributed by atoms with Gasteiger partial charge in [0.1, 0.15) is 24.6 Å². The molecule has 0 bridgehead atoms. The van der Waals surface area contributed by atoms with E-state index >= 15 is 0 Å². The quantitative estimate of drug-likeness (QED) is 0.396. The summed E-state index contributed by atoms with van der Waals surface area (Å²) >= 11 is 0. The lowest BCUT2D eigenvalue weighted by molar-refractivity contribution is -0.293. The van der Waals surface area contributed by atoms with Crippen LogP contribution in [0, 0.1) is 0 Å². The number of ether oxygens (including phenoxy) is 3. The summed E-state index contributed by atoms with van der Waals surface area (Å²) in [7, 11) is 1.09. The van der Waals surface area contributed by atoms with Crippen molar-refractivity contribution >= 4 is 17.0 Å². The summed E-state index contributed by atoms with van der Waals surface area (Å²) in [6.45, 7) is -1.61. The molecular weight excluding hydrogens is 370 g/mol. The highest BCUT2D eigenvalue weighted by Gasteiger charge is 2.50. The second kappa shape index (κ2) is 7.54. The van der Waals surface area contributed by atoms with Gasteiger partial charge in [0.25, 0.3) is 0 Å². The molecule has 1 saturated heterocycles. The van der Waals surface area contributed by atoms with Crippen LogP contribution in [0.2, 0.25) is 0 Å². The van der Waals surface area contributed by atoms with E-state index in [1.165, 1.54) is 17.2 Å². The van der Waals surface area contributed by atoms with Gasteiger partial charge < -0.3 is 25.1 Å². The lowest BCUT2D eigenvalue weighted by Gasteiger charge is -2.26. The summed E-state index contributed by atoms with van der Waals surface area (Å²) in [5, 5.41) is 13.0. The Morgan fingerprint density at radius 1 is 1.48 bits per heavy atom. The Kier molecular flexibility index (Phi) is 5.34. The number of hydrogen-bond acceptors (Lipinski definition) is 9. The highest BCUT2D eigenvalue weighted by atomic mass is 19.3. The van der Waals surface area contributed by atoms with Crippen LogP contribution >= 0.6 is 0 Å². The zero-order valence-corrected chi connectivity index (χ0v) is 14.0. The normalized spacial score (nSPS) is 25.6. The molecule has 1 unspecified atom stereocenters. The van der Waals surface area contributed by atoms with Crippen LogP contribution in [-0.2, 0) is 14.2 Å². The Morgan fingerprint density at radius 2 is 2.26 bits per heavy atom. The number of rotatable bonds is 7. The van der Waals surface area contributed by atoms with E-state index in [0.29, 0.717) is 0 Å². The molecule has 27 heavy (non-hydrogen) atoms. The lowest BCUT2D eigenvalue weighted by atomic mass is 10.1. The molecular formula is C13H16F2N8O4. The number of hydrogen-bond donors (Lipinski definition) is 2. The van der Waals surface area contributed by atoms with Gasteiger partial charge >= 0.3 is 6.11 Å². The molecule has 0 saturated carbocycles. The molecule has 146 valence electrons. The Balaban J connectivity index is 2.04. The van der Waals surface area contributed by atoms with Gasteiger partial charge in [-0.3, -0.25) is 4.57 Å². The zero-order chi connectivity index (χ0) is 19.6. The zero-order valence-electron chi connectivity index (χ0n) is 14.0. The van der Waals surface area contributed by atoms with Gasteiger partial charge in [-0.1, -0.05) is 5.11 Å². The summed E-state index contributed by atoms with van der Waals surface area (Å²) in [5.41, 5.74) is 14.9. The van der Waals surface area contributed by atoms with Crippen LogP contribution in [0.5, 0.6) is 0 Å².